The number of ether oxygens (including phenoxy) is 2. The molecule has 1 amide bonds. The third kappa shape index (κ3) is 4.12. The van der Waals surface area contributed by atoms with Crippen molar-refractivity contribution in [3.63, 3.8) is 0 Å². The summed E-state index contributed by atoms with van der Waals surface area (Å²) < 4.78 is 11.2. The Labute approximate surface area is 170 Å². The van der Waals surface area contributed by atoms with Gasteiger partial charge in [0.2, 0.25) is 0 Å². The molecule has 1 aromatic carbocycles. The molecular weight excluding hydrogens is 370 g/mol. The van der Waals surface area contributed by atoms with Gasteiger partial charge in [-0.15, -0.1) is 0 Å². The van der Waals surface area contributed by atoms with Gasteiger partial charge in [0.05, 0.1) is 11.7 Å². The SMILES string of the molecule is CNc1cc(CN(C)C)nc([C@H]2CCCN2C(=O)c2ccc3c(c2)OCCO3)n1. The summed E-state index contributed by atoms with van der Waals surface area (Å²) in [4.78, 5) is 26.7. The van der Waals surface area contributed by atoms with E-state index in [1.165, 1.54) is 0 Å². The quantitative estimate of drug-likeness (QED) is 0.829. The molecule has 0 aliphatic carbocycles. The molecule has 1 N–H and O–H groups in total. The molecule has 8 nitrogen and oxygen atoms in total. The van der Waals surface area contributed by atoms with Gasteiger partial charge in [-0.1, -0.05) is 0 Å². The van der Waals surface area contributed by atoms with E-state index in [0.29, 0.717) is 49.2 Å². The molecule has 2 aliphatic rings. The molecule has 4 rings (SSSR count). The fraction of sp³-hybridized carbons (Fsp3) is 0.476. The number of rotatable bonds is 5. The van der Waals surface area contributed by atoms with E-state index in [9.17, 15) is 4.79 Å². The molecule has 1 aromatic heterocycles. The van der Waals surface area contributed by atoms with Crippen LogP contribution in [0.15, 0.2) is 24.3 Å². The topological polar surface area (TPSA) is 79.8 Å². The van der Waals surface area contributed by atoms with Crippen LogP contribution in [0.5, 0.6) is 11.5 Å². The highest BCUT2D eigenvalue weighted by molar-refractivity contribution is 5.95. The molecule has 1 fully saturated rings. The third-order valence-corrected chi connectivity index (χ3v) is 5.13. The van der Waals surface area contributed by atoms with E-state index in [2.05, 4.69) is 15.2 Å². The highest BCUT2D eigenvalue weighted by atomic mass is 16.6. The lowest BCUT2D eigenvalue weighted by atomic mass is 10.1. The van der Waals surface area contributed by atoms with Gasteiger partial charge in [0.1, 0.15) is 19.0 Å². The van der Waals surface area contributed by atoms with Gasteiger partial charge in [-0.25, -0.2) is 9.97 Å². The smallest absolute Gasteiger partial charge is 0.254 e. The van der Waals surface area contributed by atoms with Gasteiger partial charge in [-0.05, 0) is 45.1 Å². The monoisotopic (exact) mass is 397 g/mol. The first-order chi connectivity index (χ1) is 14.0. The molecule has 0 spiro atoms. The summed E-state index contributed by atoms with van der Waals surface area (Å²) in [6.07, 6.45) is 1.78. The molecule has 0 radical (unpaired) electrons. The first-order valence-corrected chi connectivity index (χ1v) is 9.96. The van der Waals surface area contributed by atoms with Gasteiger partial charge < -0.3 is 24.6 Å². The van der Waals surface area contributed by atoms with Crippen molar-refractivity contribution in [1.29, 1.82) is 0 Å². The van der Waals surface area contributed by atoms with Crippen LogP contribution < -0.4 is 14.8 Å². The Bertz CT molecular complexity index is 902. The van der Waals surface area contributed by atoms with E-state index in [1.54, 1.807) is 18.2 Å². The average molecular weight is 397 g/mol. The summed E-state index contributed by atoms with van der Waals surface area (Å²) >= 11 is 0. The summed E-state index contributed by atoms with van der Waals surface area (Å²) in [6.45, 7) is 2.43. The van der Waals surface area contributed by atoms with Crippen LogP contribution in [0.25, 0.3) is 0 Å². The van der Waals surface area contributed by atoms with Crippen molar-refractivity contribution in [2.75, 3.05) is 46.2 Å². The number of aromatic nitrogens is 2. The normalized spacial score (nSPS) is 18.2. The van der Waals surface area contributed by atoms with Crippen molar-refractivity contribution < 1.29 is 14.3 Å². The Morgan fingerprint density at radius 1 is 1.21 bits per heavy atom. The standard InChI is InChI=1S/C21H27N5O3/c1-22-19-12-15(13-25(2)3)23-20(24-19)16-5-4-8-26(16)21(27)14-6-7-17-18(11-14)29-10-9-28-17/h6-7,11-12,16H,4-5,8-10,13H2,1-3H3,(H,22,23,24)/t16-/m1/s1. The van der Waals surface area contributed by atoms with Crippen LogP contribution in [0, 0.1) is 0 Å². The molecule has 3 heterocycles. The van der Waals surface area contributed by atoms with Crippen molar-refractivity contribution in [1.82, 2.24) is 19.8 Å². The maximum absolute atomic E-state index is 13.3. The number of benzene rings is 1. The van der Waals surface area contributed by atoms with Crippen molar-refractivity contribution in [2.24, 2.45) is 0 Å². The second kappa shape index (κ2) is 8.24. The van der Waals surface area contributed by atoms with Crippen molar-refractivity contribution >= 4 is 11.7 Å². The Morgan fingerprint density at radius 3 is 2.76 bits per heavy atom. The lowest BCUT2D eigenvalue weighted by molar-refractivity contribution is 0.0728. The van der Waals surface area contributed by atoms with Crippen LogP contribution in [0.1, 0.15) is 40.8 Å². The number of hydrogen-bond acceptors (Lipinski definition) is 7. The Balaban J connectivity index is 1.61. The van der Waals surface area contributed by atoms with E-state index in [4.69, 9.17) is 14.5 Å². The lowest BCUT2D eigenvalue weighted by Gasteiger charge is -2.25. The summed E-state index contributed by atoms with van der Waals surface area (Å²) in [7, 11) is 5.86. The number of amides is 1. The minimum absolute atomic E-state index is 0.0305. The van der Waals surface area contributed by atoms with Gasteiger partial charge in [0.25, 0.3) is 5.91 Å². The number of fused-ring (bicyclic) bond motifs is 1. The molecule has 1 saturated heterocycles. The van der Waals surface area contributed by atoms with Crippen LogP contribution in [0.2, 0.25) is 0 Å². The predicted octanol–water partition coefficient (Wildman–Crippen LogP) is 2.33. The van der Waals surface area contributed by atoms with Crippen LogP contribution in [0.4, 0.5) is 5.82 Å². The minimum atomic E-state index is -0.134. The summed E-state index contributed by atoms with van der Waals surface area (Å²) in [6, 6.07) is 7.19. The number of likely N-dealkylation sites (tertiary alicyclic amines) is 1. The van der Waals surface area contributed by atoms with E-state index in [0.717, 1.165) is 24.4 Å². The molecule has 1 atom stereocenters. The first-order valence-electron chi connectivity index (χ1n) is 9.96. The number of carbonyl (C=O) groups is 1. The van der Waals surface area contributed by atoms with Gasteiger partial charge >= 0.3 is 0 Å². The summed E-state index contributed by atoms with van der Waals surface area (Å²) in [5, 5.41) is 3.11. The minimum Gasteiger partial charge on any atom is -0.486 e. The summed E-state index contributed by atoms with van der Waals surface area (Å²) in [5.74, 6) is 2.74. The zero-order valence-electron chi connectivity index (χ0n) is 17.1. The fourth-order valence-electron chi connectivity index (χ4n) is 3.82. The van der Waals surface area contributed by atoms with E-state index < -0.39 is 0 Å². The Hall–Kier alpha value is -2.87. The highest BCUT2D eigenvalue weighted by Crippen LogP contribution is 2.35. The van der Waals surface area contributed by atoms with Crippen LogP contribution >= 0.6 is 0 Å². The molecule has 0 saturated carbocycles. The number of anilines is 1. The third-order valence-electron chi connectivity index (χ3n) is 5.13. The molecule has 8 heteroatoms. The van der Waals surface area contributed by atoms with E-state index in [1.807, 2.05) is 32.1 Å². The zero-order valence-corrected chi connectivity index (χ0v) is 17.1. The molecule has 154 valence electrons. The number of carbonyl (C=O) groups excluding carboxylic acids is 1. The first kappa shape index (κ1) is 19.4. The largest absolute Gasteiger partial charge is 0.486 e. The predicted molar refractivity (Wildman–Crippen MR) is 109 cm³/mol. The van der Waals surface area contributed by atoms with Crippen molar-refractivity contribution in [2.45, 2.75) is 25.4 Å². The fourth-order valence-corrected chi connectivity index (χ4v) is 3.82. The maximum Gasteiger partial charge on any atom is 0.254 e. The summed E-state index contributed by atoms with van der Waals surface area (Å²) in [5.41, 5.74) is 1.53. The van der Waals surface area contributed by atoms with Crippen molar-refractivity contribution in [3.8, 4) is 11.5 Å². The second-order valence-electron chi connectivity index (χ2n) is 7.61. The lowest BCUT2D eigenvalue weighted by Crippen LogP contribution is -2.32. The highest BCUT2D eigenvalue weighted by Gasteiger charge is 2.33. The zero-order chi connectivity index (χ0) is 20.4. The molecule has 0 unspecified atom stereocenters. The second-order valence-corrected chi connectivity index (χ2v) is 7.61. The molecular formula is C21H27N5O3. The maximum atomic E-state index is 13.3. The molecule has 29 heavy (non-hydrogen) atoms. The van der Waals surface area contributed by atoms with Crippen LogP contribution in [0.3, 0.4) is 0 Å². The van der Waals surface area contributed by atoms with Gasteiger partial charge in [-0.3, -0.25) is 4.79 Å². The molecule has 2 aromatic rings. The Kier molecular flexibility index (Phi) is 5.53. The molecule has 2 aliphatic heterocycles. The Morgan fingerprint density at radius 2 is 2.00 bits per heavy atom. The van der Waals surface area contributed by atoms with Gasteiger partial charge in [0, 0.05) is 31.8 Å². The number of hydrogen-bond donors (Lipinski definition) is 1. The average Bonchev–Trinajstić information content (AvgIpc) is 3.22. The van der Waals surface area contributed by atoms with Crippen LogP contribution in [-0.4, -0.2) is 66.6 Å². The van der Waals surface area contributed by atoms with Crippen LogP contribution in [-0.2, 0) is 6.54 Å². The number of nitrogens with one attached hydrogen (secondary N) is 1. The number of nitrogens with zero attached hydrogens (tertiary/aromatic N) is 4. The van der Waals surface area contributed by atoms with Gasteiger partial charge in [0.15, 0.2) is 17.3 Å². The van der Waals surface area contributed by atoms with Crippen molar-refractivity contribution in [3.05, 3.63) is 41.3 Å². The molecule has 0 bridgehead atoms. The van der Waals surface area contributed by atoms with E-state index in [-0.39, 0.29) is 11.9 Å². The van der Waals surface area contributed by atoms with E-state index >= 15 is 0 Å². The van der Waals surface area contributed by atoms with Gasteiger partial charge in [-0.2, -0.15) is 0 Å².